The number of fused-ring (bicyclic) bond motifs is 1. The number of rotatable bonds is 3. The smallest absolute Gasteiger partial charge is 0.141 e. The summed E-state index contributed by atoms with van der Waals surface area (Å²) in [6.45, 7) is 0.528. The molecule has 3 heterocycles. The molecule has 0 aliphatic rings. The van der Waals surface area contributed by atoms with Crippen molar-refractivity contribution in [3.63, 3.8) is 0 Å². The number of hydrogen-bond acceptors (Lipinski definition) is 3. The van der Waals surface area contributed by atoms with Crippen molar-refractivity contribution in [3.05, 3.63) is 58.2 Å². The summed E-state index contributed by atoms with van der Waals surface area (Å²) in [4.78, 5) is 5.98. The van der Waals surface area contributed by atoms with Crippen molar-refractivity contribution in [3.8, 4) is 0 Å². The van der Waals surface area contributed by atoms with E-state index in [2.05, 4.69) is 28.7 Å². The highest BCUT2D eigenvalue weighted by Gasteiger charge is 2.06. The number of hydrogen-bond donors (Lipinski definition) is 1. The van der Waals surface area contributed by atoms with E-state index in [9.17, 15) is 0 Å². The van der Waals surface area contributed by atoms with Gasteiger partial charge in [-0.1, -0.05) is 12.1 Å². The molecule has 0 saturated carbocycles. The number of imidazole rings is 1. The molecule has 0 saturated heterocycles. The third-order valence-electron chi connectivity index (χ3n) is 2.77. The normalized spacial score (nSPS) is 11.1. The highest BCUT2D eigenvalue weighted by atomic mass is 32.1. The van der Waals surface area contributed by atoms with Crippen LogP contribution in [0.3, 0.4) is 0 Å². The first-order valence-electron chi connectivity index (χ1n) is 5.55. The van der Waals surface area contributed by atoms with E-state index in [0.29, 0.717) is 6.54 Å². The minimum atomic E-state index is 0.528. The number of nitrogens with zero attached hydrogens (tertiary/aromatic N) is 2. The summed E-state index contributed by atoms with van der Waals surface area (Å²) in [5.41, 5.74) is 8.86. The predicted octanol–water partition coefficient (Wildman–Crippen LogP) is 2.45. The summed E-state index contributed by atoms with van der Waals surface area (Å²) in [7, 11) is 0. The zero-order valence-corrected chi connectivity index (χ0v) is 10.2. The van der Waals surface area contributed by atoms with Gasteiger partial charge in [-0.3, -0.25) is 0 Å². The molecule has 2 N–H and O–H groups in total. The molecule has 86 valence electrons. The first kappa shape index (κ1) is 10.5. The van der Waals surface area contributed by atoms with Crippen LogP contribution in [-0.2, 0) is 13.0 Å². The van der Waals surface area contributed by atoms with E-state index in [1.54, 1.807) is 11.3 Å². The molecule has 3 nitrogen and oxygen atoms in total. The monoisotopic (exact) mass is 243 g/mol. The molecule has 0 radical (unpaired) electrons. The molecule has 3 aromatic rings. The zero-order valence-electron chi connectivity index (χ0n) is 9.34. The van der Waals surface area contributed by atoms with Gasteiger partial charge >= 0.3 is 0 Å². The van der Waals surface area contributed by atoms with Crippen LogP contribution in [0.15, 0.2) is 42.0 Å². The number of pyridine rings is 1. The molecule has 0 bridgehead atoms. The van der Waals surface area contributed by atoms with Crippen LogP contribution in [0.5, 0.6) is 0 Å². The average molecular weight is 243 g/mol. The Morgan fingerprint density at radius 2 is 2.24 bits per heavy atom. The molecule has 4 heteroatoms. The van der Waals surface area contributed by atoms with Crippen molar-refractivity contribution in [2.45, 2.75) is 13.0 Å². The van der Waals surface area contributed by atoms with Gasteiger partial charge in [0.25, 0.3) is 0 Å². The van der Waals surface area contributed by atoms with Crippen molar-refractivity contribution < 1.29 is 0 Å². The second kappa shape index (κ2) is 4.31. The van der Waals surface area contributed by atoms with Crippen molar-refractivity contribution >= 4 is 17.0 Å². The highest BCUT2D eigenvalue weighted by molar-refractivity contribution is 7.09. The molecule has 0 fully saturated rings. The molecule has 3 rings (SSSR count). The van der Waals surface area contributed by atoms with Gasteiger partial charge in [-0.25, -0.2) is 4.98 Å². The van der Waals surface area contributed by atoms with Crippen molar-refractivity contribution in [2.24, 2.45) is 5.73 Å². The van der Waals surface area contributed by atoms with Crippen LogP contribution in [-0.4, -0.2) is 9.38 Å². The Bertz CT molecular complexity index is 625. The maximum atomic E-state index is 5.71. The minimum Gasteiger partial charge on any atom is -0.326 e. The summed E-state index contributed by atoms with van der Waals surface area (Å²) in [5, 5.41) is 2.09. The van der Waals surface area contributed by atoms with Crippen LogP contribution in [0.4, 0.5) is 0 Å². The molecule has 0 aliphatic carbocycles. The van der Waals surface area contributed by atoms with Crippen LogP contribution in [0.25, 0.3) is 5.65 Å². The Balaban J connectivity index is 2.02. The van der Waals surface area contributed by atoms with Gasteiger partial charge in [-0.05, 0) is 17.5 Å². The summed E-state index contributed by atoms with van der Waals surface area (Å²) >= 11 is 1.76. The average Bonchev–Trinajstić information content (AvgIpc) is 2.97. The molecule has 0 unspecified atom stereocenters. The first-order valence-corrected chi connectivity index (χ1v) is 6.42. The van der Waals surface area contributed by atoms with Crippen LogP contribution >= 0.6 is 11.3 Å². The number of aromatic nitrogens is 2. The second-order valence-electron chi connectivity index (χ2n) is 3.96. The summed E-state index contributed by atoms with van der Waals surface area (Å²) in [6.07, 6.45) is 4.98. The standard InChI is InChI=1S/C13H13N3S/c14-8-10-3-1-5-16-9-11(15-13(10)16)7-12-4-2-6-17-12/h1-6,9H,7-8,14H2. The van der Waals surface area contributed by atoms with Gasteiger partial charge in [0.15, 0.2) is 0 Å². The maximum absolute atomic E-state index is 5.71. The molecule has 0 atom stereocenters. The van der Waals surface area contributed by atoms with Gasteiger partial charge in [0.05, 0.1) is 5.69 Å². The molecule has 0 spiro atoms. The van der Waals surface area contributed by atoms with E-state index < -0.39 is 0 Å². The maximum Gasteiger partial charge on any atom is 0.141 e. The largest absolute Gasteiger partial charge is 0.326 e. The first-order chi connectivity index (χ1) is 8.36. The van der Waals surface area contributed by atoms with E-state index >= 15 is 0 Å². The Hall–Kier alpha value is -1.65. The Morgan fingerprint density at radius 3 is 3.00 bits per heavy atom. The zero-order chi connectivity index (χ0) is 11.7. The van der Waals surface area contributed by atoms with Crippen LogP contribution in [0.1, 0.15) is 16.1 Å². The Kier molecular flexibility index (Phi) is 2.66. The molecule has 17 heavy (non-hydrogen) atoms. The number of nitrogens with two attached hydrogens (primary N) is 1. The fraction of sp³-hybridized carbons (Fsp3) is 0.154. The van der Waals surface area contributed by atoms with E-state index in [-0.39, 0.29) is 0 Å². The lowest BCUT2D eigenvalue weighted by Crippen LogP contribution is -1.99. The molecular formula is C13H13N3S. The third-order valence-corrected chi connectivity index (χ3v) is 3.65. The SMILES string of the molecule is NCc1cccn2cc(Cc3cccs3)nc12. The number of thiophene rings is 1. The quantitative estimate of drug-likeness (QED) is 0.768. The summed E-state index contributed by atoms with van der Waals surface area (Å²) in [6, 6.07) is 8.24. The van der Waals surface area contributed by atoms with Gasteiger partial charge in [0.1, 0.15) is 5.65 Å². The van der Waals surface area contributed by atoms with E-state index in [1.165, 1.54) is 4.88 Å². The topological polar surface area (TPSA) is 43.3 Å². The van der Waals surface area contributed by atoms with Crippen molar-refractivity contribution in [1.82, 2.24) is 9.38 Å². The summed E-state index contributed by atoms with van der Waals surface area (Å²) < 4.78 is 2.05. The Labute approximate surface area is 104 Å². The Morgan fingerprint density at radius 1 is 1.29 bits per heavy atom. The molecule has 0 aliphatic heterocycles. The van der Waals surface area contributed by atoms with Crippen molar-refractivity contribution in [2.75, 3.05) is 0 Å². The third kappa shape index (κ3) is 1.97. The lowest BCUT2D eigenvalue weighted by atomic mass is 10.3. The van der Waals surface area contributed by atoms with Crippen molar-refractivity contribution in [1.29, 1.82) is 0 Å². The molecule has 3 aromatic heterocycles. The highest BCUT2D eigenvalue weighted by Crippen LogP contribution is 2.16. The lowest BCUT2D eigenvalue weighted by Gasteiger charge is -1.97. The van der Waals surface area contributed by atoms with Crippen LogP contribution < -0.4 is 5.73 Å². The molecular weight excluding hydrogens is 230 g/mol. The fourth-order valence-corrected chi connectivity index (χ4v) is 2.68. The van der Waals surface area contributed by atoms with Crippen LogP contribution in [0.2, 0.25) is 0 Å². The van der Waals surface area contributed by atoms with Gasteiger partial charge < -0.3 is 10.1 Å². The fourth-order valence-electron chi connectivity index (χ4n) is 1.96. The predicted molar refractivity (Wildman–Crippen MR) is 70.2 cm³/mol. The van der Waals surface area contributed by atoms with Gasteiger partial charge in [0, 0.05) is 35.8 Å². The molecule has 0 amide bonds. The van der Waals surface area contributed by atoms with E-state index in [0.717, 1.165) is 23.3 Å². The molecule has 0 aromatic carbocycles. The summed E-state index contributed by atoms with van der Waals surface area (Å²) in [5.74, 6) is 0. The second-order valence-corrected chi connectivity index (χ2v) is 4.99. The van der Waals surface area contributed by atoms with Gasteiger partial charge in [-0.15, -0.1) is 11.3 Å². The lowest BCUT2D eigenvalue weighted by molar-refractivity contribution is 1.04. The van der Waals surface area contributed by atoms with Gasteiger partial charge in [0.2, 0.25) is 0 Å². The van der Waals surface area contributed by atoms with Gasteiger partial charge in [-0.2, -0.15) is 0 Å². The van der Waals surface area contributed by atoms with E-state index in [4.69, 9.17) is 5.73 Å². The minimum absolute atomic E-state index is 0.528. The van der Waals surface area contributed by atoms with E-state index in [1.807, 2.05) is 22.7 Å². The van der Waals surface area contributed by atoms with Crippen LogP contribution in [0, 0.1) is 0 Å².